The molecule has 1 unspecified atom stereocenters. The van der Waals surface area contributed by atoms with Crippen LogP contribution in [0.3, 0.4) is 0 Å². The number of carbonyl (C=O) groups is 1. The second-order valence-corrected chi connectivity index (χ2v) is 6.39. The van der Waals surface area contributed by atoms with E-state index in [9.17, 15) is 9.90 Å². The molecule has 2 N–H and O–H groups in total. The number of nitrogens with one attached hydrogen (secondary N) is 1. The fourth-order valence-corrected chi connectivity index (χ4v) is 3.35. The highest BCUT2D eigenvalue weighted by Gasteiger charge is 2.20. The third-order valence-electron chi connectivity index (χ3n) is 4.73. The van der Waals surface area contributed by atoms with Crippen LogP contribution in [0.15, 0.2) is 54.9 Å². The second-order valence-electron chi connectivity index (χ2n) is 6.39. The molecule has 0 saturated carbocycles. The lowest BCUT2D eigenvalue weighted by atomic mass is 10.1. The molecule has 0 saturated heterocycles. The molecule has 0 aliphatic heterocycles. The number of amides is 1. The van der Waals surface area contributed by atoms with Crippen molar-refractivity contribution in [3.63, 3.8) is 0 Å². The zero-order valence-electron chi connectivity index (χ0n) is 15.2. The van der Waals surface area contributed by atoms with Crippen LogP contribution in [0.5, 0.6) is 0 Å². The van der Waals surface area contributed by atoms with Gasteiger partial charge in [0.2, 0.25) is 0 Å². The molecule has 26 heavy (non-hydrogen) atoms. The van der Waals surface area contributed by atoms with Crippen LogP contribution in [0.4, 0.5) is 5.69 Å². The molecule has 0 aliphatic rings. The van der Waals surface area contributed by atoms with E-state index < -0.39 is 0 Å². The minimum absolute atomic E-state index is 0.129. The van der Waals surface area contributed by atoms with Crippen molar-refractivity contribution < 1.29 is 9.90 Å². The SMILES string of the molecule is Cc1cc(C(=O)Nc2cnccc2CO)c(C)n1C(C)c1ccccc1. The van der Waals surface area contributed by atoms with Crippen molar-refractivity contribution in [2.75, 3.05) is 5.32 Å². The number of benzene rings is 1. The Balaban J connectivity index is 1.91. The minimum Gasteiger partial charge on any atom is -0.392 e. The fourth-order valence-electron chi connectivity index (χ4n) is 3.35. The van der Waals surface area contributed by atoms with Gasteiger partial charge >= 0.3 is 0 Å². The number of aliphatic hydroxyl groups excluding tert-OH is 1. The summed E-state index contributed by atoms with van der Waals surface area (Å²) in [6.07, 6.45) is 3.14. The molecular formula is C21H23N3O2. The largest absolute Gasteiger partial charge is 0.392 e. The fraction of sp³-hybridized carbons (Fsp3) is 0.238. The van der Waals surface area contributed by atoms with Gasteiger partial charge in [0.05, 0.1) is 30.1 Å². The summed E-state index contributed by atoms with van der Waals surface area (Å²) in [5.41, 5.74) is 4.91. The number of aryl methyl sites for hydroxylation is 1. The Morgan fingerprint density at radius 1 is 1.23 bits per heavy atom. The number of nitrogens with zero attached hydrogens (tertiary/aromatic N) is 2. The Labute approximate surface area is 153 Å². The predicted octanol–water partition coefficient (Wildman–Crippen LogP) is 3.85. The summed E-state index contributed by atoms with van der Waals surface area (Å²) in [5.74, 6) is -0.202. The predicted molar refractivity (Wildman–Crippen MR) is 102 cm³/mol. The number of hydrogen-bond acceptors (Lipinski definition) is 3. The normalized spacial score (nSPS) is 12.0. The molecule has 0 radical (unpaired) electrons. The van der Waals surface area contributed by atoms with Gasteiger partial charge in [0.15, 0.2) is 0 Å². The number of anilines is 1. The molecule has 1 amide bonds. The van der Waals surface area contributed by atoms with Gasteiger partial charge in [0, 0.05) is 23.1 Å². The quantitative estimate of drug-likeness (QED) is 0.735. The van der Waals surface area contributed by atoms with Crippen molar-refractivity contribution >= 4 is 11.6 Å². The molecule has 0 fully saturated rings. The van der Waals surface area contributed by atoms with Crippen molar-refractivity contribution in [1.29, 1.82) is 0 Å². The summed E-state index contributed by atoms with van der Waals surface area (Å²) >= 11 is 0. The summed E-state index contributed by atoms with van der Waals surface area (Å²) < 4.78 is 2.17. The summed E-state index contributed by atoms with van der Waals surface area (Å²) in [4.78, 5) is 16.8. The lowest BCUT2D eigenvalue weighted by molar-refractivity contribution is 0.102. The number of pyridine rings is 1. The first kappa shape index (κ1) is 17.9. The monoisotopic (exact) mass is 349 g/mol. The van der Waals surface area contributed by atoms with E-state index in [0.29, 0.717) is 16.8 Å². The molecule has 5 nitrogen and oxygen atoms in total. The van der Waals surface area contributed by atoms with E-state index >= 15 is 0 Å². The summed E-state index contributed by atoms with van der Waals surface area (Å²) in [6.45, 7) is 5.94. The van der Waals surface area contributed by atoms with Crippen molar-refractivity contribution in [3.05, 3.63) is 82.9 Å². The van der Waals surface area contributed by atoms with Crippen LogP contribution in [0.25, 0.3) is 0 Å². The Morgan fingerprint density at radius 2 is 1.96 bits per heavy atom. The van der Waals surface area contributed by atoms with Crippen LogP contribution >= 0.6 is 0 Å². The van der Waals surface area contributed by atoms with Gasteiger partial charge in [-0.1, -0.05) is 30.3 Å². The van der Waals surface area contributed by atoms with Gasteiger partial charge in [0.1, 0.15) is 0 Å². The number of aromatic nitrogens is 2. The Kier molecular flexibility index (Phi) is 5.19. The zero-order valence-corrected chi connectivity index (χ0v) is 15.2. The molecule has 3 rings (SSSR count). The average molecular weight is 349 g/mol. The van der Waals surface area contributed by atoms with Gasteiger partial charge in [-0.25, -0.2) is 0 Å². The van der Waals surface area contributed by atoms with Crippen LogP contribution in [-0.2, 0) is 6.61 Å². The van der Waals surface area contributed by atoms with Gasteiger partial charge in [0.25, 0.3) is 5.91 Å². The van der Waals surface area contributed by atoms with Gasteiger partial charge in [-0.05, 0) is 38.5 Å². The van der Waals surface area contributed by atoms with Gasteiger partial charge in [-0.3, -0.25) is 9.78 Å². The summed E-state index contributed by atoms with van der Waals surface area (Å²) in [7, 11) is 0. The standard InChI is InChI=1S/C21H23N3O2/c1-14-11-19(21(26)23-20-12-22-10-9-18(20)13-25)16(3)24(14)15(2)17-7-5-4-6-8-17/h4-12,15,25H,13H2,1-3H3,(H,23,26). The first-order valence-electron chi connectivity index (χ1n) is 8.61. The van der Waals surface area contributed by atoms with E-state index in [4.69, 9.17) is 0 Å². The Bertz CT molecular complexity index is 916. The molecule has 2 heterocycles. The molecule has 1 aromatic carbocycles. The maximum absolute atomic E-state index is 12.8. The highest BCUT2D eigenvalue weighted by atomic mass is 16.3. The molecule has 5 heteroatoms. The van der Waals surface area contributed by atoms with Gasteiger partial charge in [-0.15, -0.1) is 0 Å². The third kappa shape index (κ3) is 3.39. The first-order chi connectivity index (χ1) is 12.5. The van der Waals surface area contributed by atoms with E-state index in [1.165, 1.54) is 5.56 Å². The maximum atomic E-state index is 12.8. The van der Waals surface area contributed by atoms with Crippen molar-refractivity contribution in [1.82, 2.24) is 9.55 Å². The highest BCUT2D eigenvalue weighted by Crippen LogP contribution is 2.26. The number of hydrogen-bond donors (Lipinski definition) is 2. The zero-order chi connectivity index (χ0) is 18.7. The van der Waals surface area contributed by atoms with E-state index in [1.54, 1.807) is 18.5 Å². The molecule has 3 aromatic rings. The Morgan fingerprint density at radius 3 is 2.65 bits per heavy atom. The molecule has 2 aromatic heterocycles. The number of carbonyl (C=O) groups excluding carboxylic acids is 1. The topological polar surface area (TPSA) is 67.2 Å². The lowest BCUT2D eigenvalue weighted by Gasteiger charge is -2.19. The molecule has 0 bridgehead atoms. The molecule has 0 aliphatic carbocycles. The van der Waals surface area contributed by atoms with Crippen molar-refractivity contribution in [2.45, 2.75) is 33.4 Å². The average Bonchev–Trinajstić information content (AvgIpc) is 2.96. The van der Waals surface area contributed by atoms with E-state index in [0.717, 1.165) is 11.4 Å². The van der Waals surface area contributed by atoms with Crippen LogP contribution in [0.1, 0.15) is 45.8 Å². The first-order valence-corrected chi connectivity index (χ1v) is 8.61. The van der Waals surface area contributed by atoms with Crippen molar-refractivity contribution in [3.8, 4) is 0 Å². The van der Waals surface area contributed by atoms with E-state index in [2.05, 4.69) is 33.9 Å². The van der Waals surface area contributed by atoms with Gasteiger partial charge in [-0.2, -0.15) is 0 Å². The minimum atomic E-state index is -0.202. The van der Waals surface area contributed by atoms with Crippen LogP contribution < -0.4 is 5.32 Å². The molecule has 0 spiro atoms. The highest BCUT2D eigenvalue weighted by molar-refractivity contribution is 6.05. The summed E-state index contributed by atoms with van der Waals surface area (Å²) in [5, 5.41) is 12.3. The maximum Gasteiger partial charge on any atom is 0.257 e. The smallest absolute Gasteiger partial charge is 0.257 e. The molecular weight excluding hydrogens is 326 g/mol. The molecule has 134 valence electrons. The second kappa shape index (κ2) is 7.54. The van der Waals surface area contributed by atoms with Crippen LogP contribution in [0.2, 0.25) is 0 Å². The lowest BCUT2D eigenvalue weighted by Crippen LogP contribution is -2.16. The van der Waals surface area contributed by atoms with Crippen LogP contribution in [0, 0.1) is 13.8 Å². The molecule has 1 atom stereocenters. The Hall–Kier alpha value is -2.92. The third-order valence-corrected chi connectivity index (χ3v) is 4.73. The summed E-state index contributed by atoms with van der Waals surface area (Å²) in [6, 6.07) is 13.9. The van der Waals surface area contributed by atoms with E-state index in [1.807, 2.05) is 38.1 Å². The van der Waals surface area contributed by atoms with Gasteiger partial charge < -0.3 is 15.0 Å². The van der Waals surface area contributed by atoms with Crippen molar-refractivity contribution in [2.24, 2.45) is 0 Å². The number of rotatable bonds is 5. The number of aliphatic hydroxyl groups is 1. The van der Waals surface area contributed by atoms with Crippen LogP contribution in [-0.4, -0.2) is 20.6 Å². The van der Waals surface area contributed by atoms with E-state index in [-0.39, 0.29) is 18.6 Å².